The quantitative estimate of drug-likeness (QED) is 0.491. The molecule has 0 N–H and O–H groups in total. The van der Waals surface area contributed by atoms with Crippen molar-refractivity contribution in [3.8, 4) is 0 Å². The molecule has 5 aliphatic rings. The molecule has 0 aromatic rings. The number of morpholine rings is 4. The summed E-state index contributed by atoms with van der Waals surface area (Å²) < 4.78 is 47.8. The van der Waals surface area contributed by atoms with E-state index in [1.807, 2.05) is 0 Å². The van der Waals surface area contributed by atoms with E-state index in [-0.39, 0.29) is 0 Å². The predicted molar refractivity (Wildman–Crippen MR) is 129 cm³/mol. The molecule has 0 aromatic carbocycles. The molecule has 32 heavy (non-hydrogen) atoms. The summed E-state index contributed by atoms with van der Waals surface area (Å²) in [4.78, 5) is 0. The van der Waals surface area contributed by atoms with E-state index in [1.54, 1.807) is 0 Å². The smallest absolute Gasteiger partial charge is 0.239 e. The fourth-order valence-electron chi connectivity index (χ4n) is 4.40. The van der Waals surface area contributed by atoms with Crippen LogP contribution in [0.3, 0.4) is 0 Å². The van der Waals surface area contributed by atoms with E-state index >= 15 is 0 Å². The van der Waals surface area contributed by atoms with E-state index < -0.39 is 20.9 Å². The van der Waals surface area contributed by atoms with Crippen molar-refractivity contribution in [3.05, 3.63) is 0 Å². The highest BCUT2D eigenvalue weighted by Gasteiger charge is 2.47. The summed E-state index contributed by atoms with van der Waals surface area (Å²) in [6, 6.07) is 0. The summed E-state index contributed by atoms with van der Waals surface area (Å²) in [7, 11) is -2.58. The van der Waals surface area contributed by atoms with Gasteiger partial charge < -0.3 is 18.9 Å². The summed E-state index contributed by atoms with van der Waals surface area (Å²) in [5.74, 6) is 0. The van der Waals surface area contributed by atoms with Gasteiger partial charge in [-0.2, -0.15) is 13.5 Å². The van der Waals surface area contributed by atoms with Gasteiger partial charge in [0.15, 0.2) is 0 Å². The van der Waals surface area contributed by atoms with Gasteiger partial charge in [-0.05, 0) is 22.5 Å². The number of hydrogen-bond donors (Lipinski definition) is 0. The fourth-order valence-corrected chi connectivity index (χ4v) is 20.7. The van der Waals surface area contributed by atoms with Gasteiger partial charge in [-0.3, -0.25) is 0 Å². The Morgan fingerprint density at radius 1 is 0.438 bits per heavy atom. The second-order valence-corrected chi connectivity index (χ2v) is 18.2. The van der Waals surface area contributed by atoms with E-state index in [0.29, 0.717) is 79.0 Å². The molecule has 16 heteroatoms. The molecule has 5 aliphatic heterocycles. The minimum Gasteiger partial charge on any atom is -0.379 e. The van der Waals surface area contributed by atoms with Gasteiger partial charge in [-0.1, -0.05) is 0 Å². The predicted octanol–water partition coefficient (Wildman–Crippen LogP) is 3.65. The molecule has 11 nitrogen and oxygen atoms in total. The first-order chi connectivity index (χ1) is 15.5. The fraction of sp³-hybridized carbons (Fsp3) is 1.00. The molecule has 0 spiro atoms. The van der Waals surface area contributed by atoms with Crippen molar-refractivity contribution in [2.24, 2.45) is 13.5 Å². The molecule has 4 saturated heterocycles. The van der Waals surface area contributed by atoms with Crippen molar-refractivity contribution in [3.63, 3.8) is 0 Å². The molecule has 0 radical (unpaired) electrons. The van der Waals surface area contributed by atoms with Crippen LogP contribution in [0, 0.1) is 0 Å². The van der Waals surface area contributed by atoms with Gasteiger partial charge in [-0.15, -0.1) is 0 Å². The van der Waals surface area contributed by atoms with Gasteiger partial charge in [0.05, 0.1) is 52.9 Å². The number of ether oxygens (including phenoxy) is 4. The lowest BCUT2D eigenvalue weighted by atomic mass is 10.5. The topological polar surface area (TPSA) is 87.0 Å². The molecule has 0 aliphatic carbocycles. The SMILES string of the molecule is ClP1(N2CCOCC2)=NP(Cl)(N2CCOCC2)=NP(N2CCOCC2)(N2CCOCC2)=N1. The van der Waals surface area contributed by atoms with Gasteiger partial charge in [0.2, 0.25) is 20.9 Å². The third kappa shape index (κ3) is 4.94. The summed E-state index contributed by atoms with van der Waals surface area (Å²) in [5.41, 5.74) is 0. The molecule has 0 saturated carbocycles. The monoisotopic (exact) mass is 549 g/mol. The number of halogens is 2. The molecule has 2 unspecified atom stereocenters. The number of nitrogens with zero attached hydrogens (tertiary/aromatic N) is 7. The number of rotatable bonds is 4. The van der Waals surface area contributed by atoms with E-state index in [2.05, 4.69) is 18.7 Å². The largest absolute Gasteiger partial charge is 0.379 e. The van der Waals surface area contributed by atoms with E-state index in [4.69, 9.17) is 55.0 Å². The van der Waals surface area contributed by atoms with Crippen LogP contribution >= 0.6 is 43.4 Å². The minimum atomic E-state index is -2.78. The third-order valence-electron chi connectivity index (χ3n) is 6.12. The first-order valence-corrected chi connectivity index (χ1v) is 17.9. The Balaban J connectivity index is 1.68. The van der Waals surface area contributed by atoms with Crippen molar-refractivity contribution in [1.82, 2.24) is 18.7 Å². The van der Waals surface area contributed by atoms with Crippen LogP contribution in [0.5, 0.6) is 0 Å². The zero-order valence-electron chi connectivity index (χ0n) is 18.2. The standard InChI is InChI=1S/C16H32Cl2N7O4P3/c17-30(22-1-9-26-10-2-22)19-31(18,23-3-11-27-12-4-23)21-32(20-30,24-5-13-28-14-6-24)25-7-15-29-16-8-25/h1-16H2. The molecular weight excluding hydrogens is 518 g/mol. The lowest BCUT2D eigenvalue weighted by molar-refractivity contribution is 0.0567. The van der Waals surface area contributed by atoms with Crippen molar-refractivity contribution in [2.75, 3.05) is 105 Å². The molecule has 2 atom stereocenters. The highest BCUT2D eigenvalue weighted by atomic mass is 35.7. The first kappa shape index (κ1) is 24.6. The second-order valence-electron chi connectivity index (χ2n) is 8.06. The first-order valence-electron chi connectivity index (χ1n) is 11.2. The van der Waals surface area contributed by atoms with Crippen molar-refractivity contribution in [2.45, 2.75) is 0 Å². The molecular formula is C16H32Cl2N7O4P3. The average Bonchev–Trinajstić information content (AvgIpc) is 2.86. The van der Waals surface area contributed by atoms with Crippen LogP contribution in [0.4, 0.5) is 0 Å². The van der Waals surface area contributed by atoms with Crippen molar-refractivity contribution >= 4 is 43.4 Å². The molecule has 0 aromatic heterocycles. The third-order valence-corrected chi connectivity index (χ3v) is 20.0. The van der Waals surface area contributed by atoms with Crippen LogP contribution in [0.1, 0.15) is 0 Å². The summed E-state index contributed by atoms with van der Waals surface area (Å²) in [6.07, 6.45) is 0. The Bertz CT molecular complexity index is 796. The molecule has 4 fully saturated rings. The van der Waals surface area contributed by atoms with Gasteiger partial charge in [0.1, 0.15) is 0 Å². The highest BCUT2D eigenvalue weighted by molar-refractivity contribution is 8.02. The lowest BCUT2D eigenvalue weighted by Gasteiger charge is -2.48. The summed E-state index contributed by atoms with van der Waals surface area (Å²) >= 11 is 14.9. The maximum atomic E-state index is 7.47. The zero-order valence-corrected chi connectivity index (χ0v) is 22.4. The summed E-state index contributed by atoms with van der Waals surface area (Å²) in [5, 5.41) is 0. The normalized spacial score (nSPS) is 38.4. The molecule has 5 rings (SSSR count). The van der Waals surface area contributed by atoms with Crippen molar-refractivity contribution < 1.29 is 18.9 Å². The maximum absolute atomic E-state index is 7.47. The van der Waals surface area contributed by atoms with Crippen molar-refractivity contribution in [1.29, 1.82) is 0 Å². The average molecular weight is 550 g/mol. The van der Waals surface area contributed by atoms with Crippen LogP contribution in [0.2, 0.25) is 0 Å². The van der Waals surface area contributed by atoms with Crippen LogP contribution in [0.15, 0.2) is 13.5 Å². The maximum Gasteiger partial charge on any atom is 0.239 e. The van der Waals surface area contributed by atoms with Crippen LogP contribution < -0.4 is 0 Å². The van der Waals surface area contributed by atoms with E-state index in [0.717, 1.165) is 26.2 Å². The Morgan fingerprint density at radius 3 is 1.12 bits per heavy atom. The van der Waals surface area contributed by atoms with E-state index in [1.165, 1.54) is 0 Å². The van der Waals surface area contributed by atoms with Crippen LogP contribution in [0.25, 0.3) is 0 Å². The molecule has 5 heterocycles. The van der Waals surface area contributed by atoms with Gasteiger partial charge in [0.25, 0.3) is 0 Å². The molecule has 184 valence electrons. The summed E-state index contributed by atoms with van der Waals surface area (Å²) in [6.45, 7) is 5.45. The van der Waals surface area contributed by atoms with Crippen LogP contribution in [-0.2, 0) is 18.9 Å². The van der Waals surface area contributed by atoms with Gasteiger partial charge >= 0.3 is 0 Å². The Kier molecular flexibility index (Phi) is 8.10. The van der Waals surface area contributed by atoms with Gasteiger partial charge in [-0.25, -0.2) is 18.7 Å². The highest BCUT2D eigenvalue weighted by Crippen LogP contribution is 2.85. The van der Waals surface area contributed by atoms with Crippen LogP contribution in [-0.4, -0.2) is 124 Å². The zero-order chi connectivity index (χ0) is 22.1. The lowest BCUT2D eigenvalue weighted by Crippen LogP contribution is -2.43. The van der Waals surface area contributed by atoms with Gasteiger partial charge in [0, 0.05) is 52.4 Å². The molecule has 0 amide bonds. The second kappa shape index (κ2) is 10.5. The van der Waals surface area contributed by atoms with E-state index in [9.17, 15) is 0 Å². The Hall–Kier alpha value is 0.950. The Labute approximate surface area is 199 Å². The minimum absolute atomic E-state index is 0.627. The number of hydrogen-bond acceptors (Lipinski definition) is 11. The molecule has 0 bridgehead atoms. The Morgan fingerprint density at radius 2 is 0.750 bits per heavy atom.